The fraction of sp³-hybridized carbons (Fsp3) is 0.0444. The number of aromatic nitrogens is 1. The van der Waals surface area contributed by atoms with Crippen molar-refractivity contribution in [2.24, 2.45) is 4.99 Å². The fourth-order valence-electron chi connectivity index (χ4n) is 7.45. The van der Waals surface area contributed by atoms with Crippen LogP contribution in [0.3, 0.4) is 0 Å². The topological polar surface area (TPSA) is 41.4 Å². The third-order valence-corrected chi connectivity index (χ3v) is 11.1. The van der Waals surface area contributed by atoms with Crippen molar-refractivity contribution in [2.75, 3.05) is 0 Å². The highest BCUT2D eigenvalue weighted by atomic mass is 32.1. The Morgan fingerprint density at radius 1 is 0.480 bits per heavy atom. The van der Waals surface area contributed by atoms with Gasteiger partial charge in [0.2, 0.25) is 5.96 Å². The Labute approximate surface area is 294 Å². The smallest absolute Gasteiger partial charge is 0.206 e. The van der Waals surface area contributed by atoms with Crippen molar-refractivity contribution in [3.8, 4) is 22.3 Å². The molecule has 7 aromatic carbocycles. The maximum atomic E-state index is 5.42. The average Bonchev–Trinajstić information content (AvgIpc) is 3.74. The number of hydrogen-bond donors (Lipinski definition) is 2. The Hall–Kier alpha value is -6.01. The summed E-state index contributed by atoms with van der Waals surface area (Å²) in [4.78, 5) is 5.42. The second kappa shape index (κ2) is 11.8. The molecule has 3 heterocycles. The molecule has 238 valence electrons. The zero-order valence-electron chi connectivity index (χ0n) is 27.1. The summed E-state index contributed by atoms with van der Waals surface area (Å²) < 4.78 is 4.95. The lowest BCUT2D eigenvalue weighted by atomic mass is 10.0. The summed E-state index contributed by atoms with van der Waals surface area (Å²) in [5.41, 5.74) is 9.34. The van der Waals surface area contributed by atoms with Crippen molar-refractivity contribution >= 4 is 59.3 Å². The minimum absolute atomic E-state index is 0.171. The second-order valence-corrected chi connectivity index (χ2v) is 13.9. The maximum absolute atomic E-state index is 5.42. The summed E-state index contributed by atoms with van der Waals surface area (Å²) in [7, 11) is 0. The zero-order chi connectivity index (χ0) is 33.0. The highest BCUT2D eigenvalue weighted by molar-refractivity contribution is 7.26. The molecule has 5 heteroatoms. The Balaban J connectivity index is 1.13. The van der Waals surface area contributed by atoms with E-state index in [0.717, 1.165) is 28.1 Å². The number of benzene rings is 7. The number of hydrogen-bond acceptors (Lipinski definition) is 4. The van der Waals surface area contributed by atoms with Crippen LogP contribution in [0.25, 0.3) is 64.2 Å². The molecule has 2 unspecified atom stereocenters. The first-order chi connectivity index (χ1) is 24.8. The lowest BCUT2D eigenvalue weighted by Gasteiger charge is -2.32. The van der Waals surface area contributed by atoms with Crippen molar-refractivity contribution in [2.45, 2.75) is 12.3 Å². The highest BCUT2D eigenvalue weighted by Crippen LogP contribution is 2.42. The van der Waals surface area contributed by atoms with Gasteiger partial charge in [0.1, 0.15) is 12.3 Å². The molecule has 2 N–H and O–H groups in total. The minimum atomic E-state index is -0.265. The third kappa shape index (κ3) is 4.82. The van der Waals surface area contributed by atoms with Gasteiger partial charge in [-0.1, -0.05) is 152 Å². The first-order valence-electron chi connectivity index (χ1n) is 17.0. The summed E-state index contributed by atoms with van der Waals surface area (Å²) in [6.07, 6.45) is -0.436. The molecule has 2 atom stereocenters. The monoisotopic (exact) mass is 660 g/mol. The summed E-state index contributed by atoms with van der Waals surface area (Å²) in [5.74, 6) is 0.824. The van der Waals surface area contributed by atoms with E-state index in [-0.39, 0.29) is 12.3 Å². The van der Waals surface area contributed by atoms with Crippen LogP contribution in [0.1, 0.15) is 23.5 Å². The van der Waals surface area contributed by atoms with E-state index in [9.17, 15) is 0 Å². The molecular weight excluding hydrogens is 629 g/mol. The second-order valence-electron chi connectivity index (χ2n) is 12.9. The summed E-state index contributed by atoms with van der Waals surface area (Å²) >= 11 is 1.87. The van der Waals surface area contributed by atoms with Crippen LogP contribution in [0, 0.1) is 0 Å². The number of fused-ring (bicyclic) bond motifs is 7. The average molecular weight is 661 g/mol. The molecule has 2 aromatic heterocycles. The largest absolute Gasteiger partial charge is 0.336 e. The van der Waals surface area contributed by atoms with Gasteiger partial charge in [-0.3, -0.25) is 9.88 Å². The number of thiophene rings is 1. The van der Waals surface area contributed by atoms with Gasteiger partial charge in [0.25, 0.3) is 0 Å². The van der Waals surface area contributed by atoms with E-state index in [2.05, 4.69) is 185 Å². The fourth-order valence-corrected chi connectivity index (χ4v) is 8.71. The molecule has 50 heavy (non-hydrogen) atoms. The predicted octanol–water partition coefficient (Wildman–Crippen LogP) is 11.3. The molecule has 0 bridgehead atoms. The first kappa shape index (κ1) is 29.0. The number of aliphatic imine (C=N–C) groups is 1. The van der Waals surface area contributed by atoms with Crippen molar-refractivity contribution in [1.82, 2.24) is 15.2 Å². The molecular formula is C45H32N4S. The highest BCUT2D eigenvalue weighted by Gasteiger charge is 2.28. The Bertz CT molecular complexity index is 2690. The number of nitrogens with zero attached hydrogens (tertiary/aromatic N) is 2. The van der Waals surface area contributed by atoms with Crippen molar-refractivity contribution in [3.63, 3.8) is 0 Å². The van der Waals surface area contributed by atoms with E-state index in [0.29, 0.717) is 0 Å². The standard InChI is InChI=1S/C45H32N4S/c1-3-11-29(12-4-1)31-19-23-33(24-20-31)43-46-44(34-25-21-32(22-26-34)30-13-5-2-6-14-30)48-45(47-43)49-38-17-9-7-16-37(38)41-39(49)28-27-36-35-15-8-10-18-40(35)50-42(36)41/h1-28,43-44,46H,(H,47,48). The van der Waals surface area contributed by atoms with Crippen LogP contribution in [0.2, 0.25) is 0 Å². The van der Waals surface area contributed by atoms with Gasteiger partial charge in [0.15, 0.2) is 0 Å². The molecule has 0 aliphatic carbocycles. The van der Waals surface area contributed by atoms with Gasteiger partial charge in [-0.15, -0.1) is 11.3 Å². The van der Waals surface area contributed by atoms with Crippen molar-refractivity contribution < 1.29 is 0 Å². The quantitative estimate of drug-likeness (QED) is 0.197. The molecule has 9 aromatic rings. The van der Waals surface area contributed by atoms with E-state index in [4.69, 9.17) is 4.99 Å². The molecule has 1 aliphatic rings. The Morgan fingerprint density at radius 3 is 1.76 bits per heavy atom. The molecule has 0 amide bonds. The van der Waals surface area contributed by atoms with Crippen molar-refractivity contribution in [1.29, 1.82) is 0 Å². The van der Waals surface area contributed by atoms with Gasteiger partial charge in [-0.25, -0.2) is 4.99 Å². The van der Waals surface area contributed by atoms with Crippen LogP contribution in [0.15, 0.2) is 175 Å². The lowest BCUT2D eigenvalue weighted by Crippen LogP contribution is -2.47. The summed E-state index contributed by atoms with van der Waals surface area (Å²) in [5, 5.41) is 12.8. The molecule has 10 rings (SSSR count). The van der Waals surface area contributed by atoms with Crippen LogP contribution in [-0.2, 0) is 0 Å². The van der Waals surface area contributed by atoms with E-state index in [1.54, 1.807) is 0 Å². The molecule has 1 aliphatic heterocycles. The molecule has 4 nitrogen and oxygen atoms in total. The Kier molecular flexibility index (Phi) is 6.86. The van der Waals surface area contributed by atoms with E-state index < -0.39 is 0 Å². The molecule has 0 saturated carbocycles. The molecule has 0 spiro atoms. The van der Waals surface area contributed by atoms with Crippen molar-refractivity contribution in [3.05, 3.63) is 181 Å². The SMILES string of the molecule is c1ccc(-c2ccc(C3N=C(n4c5ccccc5c5c6sc7ccccc7c6ccc54)NC(c4ccc(-c5ccccc5)cc4)N3)cc2)cc1. The van der Waals surface area contributed by atoms with Crippen LogP contribution in [0.4, 0.5) is 0 Å². The predicted molar refractivity (Wildman–Crippen MR) is 211 cm³/mol. The number of rotatable bonds is 4. The normalized spacial score (nSPS) is 16.2. The molecule has 0 fully saturated rings. The zero-order valence-corrected chi connectivity index (χ0v) is 27.9. The van der Waals surface area contributed by atoms with Crippen LogP contribution >= 0.6 is 11.3 Å². The van der Waals surface area contributed by atoms with Gasteiger partial charge in [0, 0.05) is 30.9 Å². The summed E-state index contributed by atoms with van der Waals surface area (Å²) in [6, 6.07) is 60.7. The number of nitrogens with one attached hydrogen (secondary N) is 2. The molecule has 0 saturated heterocycles. The lowest BCUT2D eigenvalue weighted by molar-refractivity contribution is 0.403. The van der Waals surface area contributed by atoms with Crippen LogP contribution in [0.5, 0.6) is 0 Å². The van der Waals surface area contributed by atoms with Gasteiger partial charge in [0.05, 0.1) is 11.0 Å². The minimum Gasteiger partial charge on any atom is -0.336 e. The number of para-hydroxylation sites is 1. The van der Waals surface area contributed by atoms with Gasteiger partial charge in [-0.2, -0.15) is 0 Å². The van der Waals surface area contributed by atoms with Crippen LogP contribution < -0.4 is 10.6 Å². The van der Waals surface area contributed by atoms with Gasteiger partial charge < -0.3 is 5.32 Å². The van der Waals surface area contributed by atoms with Gasteiger partial charge in [-0.05, 0) is 51.6 Å². The Morgan fingerprint density at radius 2 is 1.06 bits per heavy atom. The van der Waals surface area contributed by atoms with E-state index in [1.807, 2.05) is 11.3 Å². The van der Waals surface area contributed by atoms with Gasteiger partial charge >= 0.3 is 0 Å². The molecule has 0 radical (unpaired) electrons. The van der Waals surface area contributed by atoms with E-state index >= 15 is 0 Å². The van der Waals surface area contributed by atoms with E-state index in [1.165, 1.54) is 53.2 Å². The maximum Gasteiger partial charge on any atom is 0.206 e. The summed E-state index contributed by atoms with van der Waals surface area (Å²) in [6.45, 7) is 0. The first-order valence-corrected chi connectivity index (χ1v) is 17.9. The van der Waals surface area contributed by atoms with Crippen LogP contribution in [-0.4, -0.2) is 10.5 Å². The third-order valence-electron chi connectivity index (χ3n) is 9.93.